The number of aromatic nitrogens is 2. The molecule has 2 aromatic carbocycles. The normalized spacial score (nSPS) is 11.6. The van der Waals surface area contributed by atoms with Gasteiger partial charge < -0.3 is 15.8 Å². The van der Waals surface area contributed by atoms with Crippen molar-refractivity contribution >= 4 is 22.4 Å². The van der Waals surface area contributed by atoms with Crippen LogP contribution in [0.25, 0.3) is 22.0 Å². The molecule has 182 valence electrons. The molecule has 0 fully saturated rings. The third kappa shape index (κ3) is 5.18. The van der Waals surface area contributed by atoms with E-state index >= 15 is 0 Å². The van der Waals surface area contributed by atoms with E-state index < -0.39 is 46.7 Å². The van der Waals surface area contributed by atoms with Crippen LogP contribution in [-0.2, 0) is 13.1 Å². The molecule has 0 spiro atoms. The van der Waals surface area contributed by atoms with Crippen LogP contribution in [-0.4, -0.2) is 22.8 Å². The summed E-state index contributed by atoms with van der Waals surface area (Å²) in [6, 6.07) is 11.0. The predicted molar refractivity (Wildman–Crippen MR) is 122 cm³/mol. The lowest BCUT2D eigenvalue weighted by Crippen LogP contribution is -2.29. The fraction of sp³-hybridized carbons (Fsp3) is 0.167. The minimum Gasteiger partial charge on any atom is -0.497 e. The van der Waals surface area contributed by atoms with Gasteiger partial charge in [-0.1, -0.05) is 12.1 Å². The Bertz CT molecular complexity index is 1450. The van der Waals surface area contributed by atoms with Crippen LogP contribution >= 0.6 is 0 Å². The fourth-order valence-electron chi connectivity index (χ4n) is 3.61. The summed E-state index contributed by atoms with van der Waals surface area (Å²) in [5.41, 5.74) is 3.94. The van der Waals surface area contributed by atoms with E-state index in [-0.39, 0.29) is 16.7 Å². The Labute approximate surface area is 195 Å². The van der Waals surface area contributed by atoms with Crippen molar-refractivity contribution in [1.29, 1.82) is 0 Å². The maximum atomic E-state index is 14.4. The van der Waals surface area contributed by atoms with Crippen LogP contribution in [0.5, 0.6) is 5.75 Å². The summed E-state index contributed by atoms with van der Waals surface area (Å²) in [6.45, 7) is -1.31. The van der Waals surface area contributed by atoms with Gasteiger partial charge >= 0.3 is 6.18 Å². The average Bonchev–Trinajstić information content (AvgIpc) is 2.81. The van der Waals surface area contributed by atoms with E-state index in [1.807, 2.05) is 12.1 Å². The Morgan fingerprint density at radius 3 is 2.40 bits per heavy atom. The molecular formula is C24H19F5N4O2. The first kappa shape index (κ1) is 24.0. The van der Waals surface area contributed by atoms with E-state index in [2.05, 4.69) is 10.3 Å². The maximum Gasteiger partial charge on any atom is 0.406 e. The van der Waals surface area contributed by atoms with Gasteiger partial charge in [0.05, 0.1) is 23.9 Å². The topological polar surface area (TPSA) is 82.2 Å². The highest BCUT2D eigenvalue weighted by molar-refractivity contribution is 5.85. The number of benzene rings is 2. The second-order valence-corrected chi connectivity index (χ2v) is 7.75. The van der Waals surface area contributed by atoms with Crippen LogP contribution in [0.1, 0.15) is 5.56 Å². The monoisotopic (exact) mass is 490 g/mol. The standard InChI is InChI=1S/C24H19F5N4O2/c1-35-15-4-2-13(3-5-15)10-31-22-9-21-14(11-32-22)6-17(23(34)33(21)12-24(27,28)29)16-7-20(30)19(26)8-18(16)25/h2-9,11H,10,12,30H2,1H3,(H,31,32). The van der Waals surface area contributed by atoms with Crippen LogP contribution < -0.4 is 21.3 Å². The molecule has 4 aromatic rings. The first-order valence-corrected chi connectivity index (χ1v) is 10.3. The Morgan fingerprint density at radius 2 is 1.74 bits per heavy atom. The van der Waals surface area contributed by atoms with E-state index in [0.717, 1.165) is 11.6 Å². The summed E-state index contributed by atoms with van der Waals surface area (Å²) in [6.07, 6.45) is -3.47. The van der Waals surface area contributed by atoms with Gasteiger partial charge in [0.1, 0.15) is 29.7 Å². The molecule has 6 nitrogen and oxygen atoms in total. The van der Waals surface area contributed by atoms with Crippen LogP contribution in [0.3, 0.4) is 0 Å². The van der Waals surface area contributed by atoms with Crippen LogP contribution in [0.4, 0.5) is 33.5 Å². The molecule has 0 aliphatic rings. The molecule has 2 heterocycles. The number of nitrogens with zero attached hydrogens (tertiary/aromatic N) is 2. The zero-order chi connectivity index (χ0) is 25.3. The molecule has 0 radical (unpaired) electrons. The number of pyridine rings is 2. The molecule has 0 bridgehead atoms. The zero-order valence-corrected chi connectivity index (χ0v) is 18.3. The highest BCUT2D eigenvalue weighted by Crippen LogP contribution is 2.29. The number of nitrogen functional groups attached to an aromatic ring is 1. The summed E-state index contributed by atoms with van der Waals surface area (Å²) in [7, 11) is 1.54. The molecule has 0 saturated carbocycles. The van der Waals surface area contributed by atoms with Crippen LogP contribution in [0.2, 0.25) is 0 Å². The number of halogens is 5. The van der Waals surface area contributed by atoms with Gasteiger partial charge in [0.25, 0.3) is 5.56 Å². The minimum atomic E-state index is -4.74. The quantitative estimate of drug-likeness (QED) is 0.290. The second-order valence-electron chi connectivity index (χ2n) is 7.75. The van der Waals surface area contributed by atoms with Crippen molar-refractivity contribution in [3.8, 4) is 16.9 Å². The molecule has 0 saturated heterocycles. The zero-order valence-electron chi connectivity index (χ0n) is 18.3. The van der Waals surface area contributed by atoms with Crippen molar-refractivity contribution in [1.82, 2.24) is 9.55 Å². The number of ether oxygens (including phenoxy) is 1. The summed E-state index contributed by atoms with van der Waals surface area (Å²) in [5, 5.41) is 3.16. The molecule has 0 aliphatic heterocycles. The number of alkyl halides is 3. The highest BCUT2D eigenvalue weighted by Gasteiger charge is 2.30. The van der Waals surface area contributed by atoms with Gasteiger partial charge in [0.15, 0.2) is 0 Å². The lowest BCUT2D eigenvalue weighted by molar-refractivity contribution is -0.140. The Morgan fingerprint density at radius 1 is 1.03 bits per heavy atom. The number of rotatable bonds is 6. The van der Waals surface area contributed by atoms with Gasteiger partial charge in [-0.05, 0) is 29.8 Å². The van der Waals surface area contributed by atoms with Crippen molar-refractivity contribution in [2.45, 2.75) is 19.3 Å². The summed E-state index contributed by atoms with van der Waals surface area (Å²) in [5.74, 6) is -1.27. The molecule has 35 heavy (non-hydrogen) atoms. The first-order chi connectivity index (χ1) is 16.6. The lowest BCUT2D eigenvalue weighted by atomic mass is 10.0. The lowest BCUT2D eigenvalue weighted by Gasteiger charge is -2.16. The molecular weight excluding hydrogens is 471 g/mol. The Hall–Kier alpha value is -4.15. The first-order valence-electron chi connectivity index (χ1n) is 10.3. The smallest absolute Gasteiger partial charge is 0.406 e. The highest BCUT2D eigenvalue weighted by atomic mass is 19.4. The third-order valence-corrected chi connectivity index (χ3v) is 5.32. The van der Waals surface area contributed by atoms with Crippen molar-refractivity contribution in [3.05, 3.63) is 82.3 Å². The number of nitrogens with two attached hydrogens (primary N) is 1. The summed E-state index contributed by atoms with van der Waals surface area (Å²) < 4.78 is 73.7. The van der Waals surface area contributed by atoms with Gasteiger partial charge in [-0.25, -0.2) is 13.8 Å². The largest absolute Gasteiger partial charge is 0.497 e. The number of hydrogen-bond acceptors (Lipinski definition) is 5. The van der Waals surface area contributed by atoms with Crippen molar-refractivity contribution in [2.24, 2.45) is 0 Å². The van der Waals surface area contributed by atoms with Gasteiger partial charge in [-0.2, -0.15) is 13.2 Å². The summed E-state index contributed by atoms with van der Waals surface area (Å²) in [4.78, 5) is 17.3. The van der Waals surface area contributed by atoms with Gasteiger partial charge in [0.2, 0.25) is 0 Å². The third-order valence-electron chi connectivity index (χ3n) is 5.32. The predicted octanol–water partition coefficient (Wildman–Crippen LogP) is 5.11. The average molecular weight is 490 g/mol. The van der Waals surface area contributed by atoms with Crippen LogP contribution in [0.15, 0.2) is 59.5 Å². The van der Waals surface area contributed by atoms with Gasteiger partial charge in [0, 0.05) is 35.8 Å². The Kier molecular flexibility index (Phi) is 6.33. The summed E-state index contributed by atoms with van der Waals surface area (Å²) >= 11 is 0. The number of nitrogens with one attached hydrogen (secondary N) is 1. The molecule has 0 amide bonds. The fourth-order valence-corrected chi connectivity index (χ4v) is 3.61. The number of hydrogen-bond donors (Lipinski definition) is 2. The number of anilines is 2. The van der Waals surface area contributed by atoms with Crippen molar-refractivity contribution in [3.63, 3.8) is 0 Å². The second kappa shape index (κ2) is 9.24. The number of methoxy groups -OCH3 is 1. The molecule has 2 aromatic heterocycles. The van der Waals surface area contributed by atoms with Gasteiger partial charge in [-0.3, -0.25) is 9.36 Å². The number of fused-ring (bicyclic) bond motifs is 1. The van der Waals surface area contributed by atoms with Crippen molar-refractivity contribution in [2.75, 3.05) is 18.2 Å². The van der Waals surface area contributed by atoms with E-state index in [4.69, 9.17) is 10.5 Å². The molecule has 11 heteroatoms. The van der Waals surface area contributed by atoms with E-state index in [1.54, 1.807) is 12.1 Å². The molecule has 4 rings (SSSR count). The van der Waals surface area contributed by atoms with E-state index in [1.165, 1.54) is 25.4 Å². The van der Waals surface area contributed by atoms with E-state index in [9.17, 15) is 26.7 Å². The SMILES string of the molecule is COc1ccc(CNc2cc3c(cn2)cc(-c2cc(N)c(F)cc2F)c(=O)n3CC(F)(F)F)cc1. The molecule has 0 unspecified atom stereocenters. The van der Waals surface area contributed by atoms with E-state index in [0.29, 0.717) is 22.9 Å². The molecule has 0 aliphatic carbocycles. The Balaban J connectivity index is 1.79. The van der Waals surface area contributed by atoms with Crippen molar-refractivity contribution < 1.29 is 26.7 Å². The molecule has 3 N–H and O–H groups in total. The molecule has 0 atom stereocenters. The minimum absolute atomic E-state index is 0.0567. The van der Waals surface area contributed by atoms with Gasteiger partial charge in [-0.15, -0.1) is 0 Å². The maximum absolute atomic E-state index is 14.4. The van der Waals surface area contributed by atoms with Crippen LogP contribution in [0, 0.1) is 11.6 Å².